The number of rotatable bonds is 2. The van der Waals surface area contributed by atoms with E-state index in [0.29, 0.717) is 17.8 Å². The second kappa shape index (κ2) is 7.37. The van der Waals surface area contributed by atoms with Crippen LogP contribution < -0.4 is 0 Å². The third-order valence-electron chi connectivity index (χ3n) is 4.54. The maximum absolute atomic E-state index is 12.7. The fourth-order valence-electron chi connectivity index (χ4n) is 3.39. The first-order valence-electron chi connectivity index (χ1n) is 7.69. The molecule has 0 aromatic carbocycles. The molecule has 0 aromatic heterocycles. The van der Waals surface area contributed by atoms with Gasteiger partial charge < -0.3 is 4.90 Å². The average Bonchev–Trinajstić information content (AvgIpc) is 2.80. The predicted octanol–water partition coefficient (Wildman–Crippen LogP) is 3.97. The largest absolute Gasteiger partial charge is 0.338 e. The topological polar surface area (TPSA) is 20.3 Å². The minimum absolute atomic E-state index is 0.288. The molecule has 1 atom stereocenters. The third kappa shape index (κ3) is 3.63. The Labute approximate surface area is 116 Å². The molecule has 0 aromatic rings. The molecular weight excluding hydrogens is 246 g/mol. The zero-order valence-electron chi connectivity index (χ0n) is 11.4. The molecule has 0 bridgehead atoms. The van der Waals surface area contributed by atoms with Crippen molar-refractivity contribution in [2.24, 2.45) is 5.92 Å². The van der Waals surface area contributed by atoms with E-state index in [1.165, 1.54) is 38.5 Å². The second-order valence-corrected chi connectivity index (χ2v) is 6.19. The van der Waals surface area contributed by atoms with Crippen LogP contribution in [0, 0.1) is 5.92 Å². The summed E-state index contributed by atoms with van der Waals surface area (Å²) in [6, 6.07) is 0.296. The quantitative estimate of drug-likeness (QED) is 0.550. The number of nitrogens with zero attached hydrogens (tertiary/aromatic N) is 1. The summed E-state index contributed by atoms with van der Waals surface area (Å²) in [6.07, 6.45) is 12.0. The van der Waals surface area contributed by atoms with E-state index in [4.69, 9.17) is 11.6 Å². The zero-order valence-corrected chi connectivity index (χ0v) is 12.1. The van der Waals surface area contributed by atoms with Crippen LogP contribution in [0.5, 0.6) is 0 Å². The predicted molar refractivity (Wildman–Crippen MR) is 75.9 cm³/mol. The van der Waals surface area contributed by atoms with E-state index in [-0.39, 0.29) is 5.92 Å². The molecule has 2 fully saturated rings. The van der Waals surface area contributed by atoms with Crippen molar-refractivity contribution in [2.75, 3.05) is 12.4 Å². The highest BCUT2D eigenvalue weighted by Crippen LogP contribution is 2.27. The first-order valence-corrected chi connectivity index (χ1v) is 8.23. The average molecular weight is 272 g/mol. The van der Waals surface area contributed by atoms with Gasteiger partial charge in [0.05, 0.1) is 0 Å². The lowest BCUT2D eigenvalue weighted by Gasteiger charge is -2.32. The van der Waals surface area contributed by atoms with Crippen molar-refractivity contribution < 1.29 is 4.79 Å². The van der Waals surface area contributed by atoms with Crippen molar-refractivity contribution in [3.8, 4) is 0 Å². The first-order chi connectivity index (χ1) is 8.83. The monoisotopic (exact) mass is 271 g/mol. The summed E-state index contributed by atoms with van der Waals surface area (Å²) in [4.78, 5) is 14.8. The minimum atomic E-state index is 0.288. The molecule has 3 heteroatoms. The number of carbonyl (C=O) groups excluding carboxylic acids is 1. The lowest BCUT2D eigenvalue weighted by Crippen LogP contribution is -2.44. The molecule has 1 saturated carbocycles. The van der Waals surface area contributed by atoms with E-state index in [0.717, 1.165) is 32.2 Å². The second-order valence-electron chi connectivity index (χ2n) is 5.88. The van der Waals surface area contributed by atoms with Gasteiger partial charge in [-0.25, -0.2) is 0 Å². The number of alkyl halides is 1. The van der Waals surface area contributed by atoms with E-state index in [1.54, 1.807) is 0 Å². The molecule has 2 aliphatic rings. The summed E-state index contributed by atoms with van der Waals surface area (Å²) < 4.78 is 0. The fourth-order valence-corrected chi connectivity index (χ4v) is 3.71. The van der Waals surface area contributed by atoms with Gasteiger partial charge in [0.25, 0.3) is 0 Å². The maximum Gasteiger partial charge on any atom is 0.225 e. The molecule has 18 heavy (non-hydrogen) atoms. The van der Waals surface area contributed by atoms with Crippen molar-refractivity contribution in [3.63, 3.8) is 0 Å². The van der Waals surface area contributed by atoms with Gasteiger partial charge in [-0.15, -0.1) is 11.6 Å². The Morgan fingerprint density at radius 1 is 0.944 bits per heavy atom. The molecule has 1 amide bonds. The van der Waals surface area contributed by atoms with Crippen LogP contribution in [0.25, 0.3) is 0 Å². The Morgan fingerprint density at radius 2 is 1.56 bits per heavy atom. The lowest BCUT2D eigenvalue weighted by atomic mass is 9.97. The van der Waals surface area contributed by atoms with Crippen LogP contribution >= 0.6 is 11.6 Å². The van der Waals surface area contributed by atoms with Gasteiger partial charge in [-0.3, -0.25) is 4.79 Å². The minimum Gasteiger partial charge on any atom is -0.338 e. The van der Waals surface area contributed by atoms with E-state index in [9.17, 15) is 4.79 Å². The summed E-state index contributed by atoms with van der Waals surface area (Å²) in [5, 5.41) is 0. The Balaban J connectivity index is 1.99. The summed E-state index contributed by atoms with van der Waals surface area (Å²) in [5.41, 5.74) is 0. The van der Waals surface area contributed by atoms with Crippen molar-refractivity contribution >= 4 is 17.5 Å². The summed E-state index contributed by atoms with van der Waals surface area (Å²) in [5.74, 6) is 1.30. The van der Waals surface area contributed by atoms with Crippen molar-refractivity contribution in [1.29, 1.82) is 0 Å². The number of halogens is 1. The van der Waals surface area contributed by atoms with Gasteiger partial charge in [0.15, 0.2) is 0 Å². The molecule has 0 N–H and O–H groups in total. The van der Waals surface area contributed by atoms with Crippen LogP contribution in [0.4, 0.5) is 0 Å². The van der Waals surface area contributed by atoms with Crippen LogP contribution in [0.2, 0.25) is 0 Å². The van der Waals surface area contributed by atoms with Gasteiger partial charge in [0.2, 0.25) is 5.91 Å². The number of carbonyl (C=O) groups is 1. The van der Waals surface area contributed by atoms with E-state index >= 15 is 0 Å². The maximum atomic E-state index is 12.7. The normalized spacial score (nSPS) is 27.6. The van der Waals surface area contributed by atoms with E-state index in [1.807, 2.05) is 0 Å². The number of hydrogen-bond acceptors (Lipinski definition) is 1. The van der Waals surface area contributed by atoms with E-state index < -0.39 is 0 Å². The molecule has 1 aliphatic heterocycles. The van der Waals surface area contributed by atoms with Crippen LogP contribution in [-0.4, -0.2) is 29.3 Å². The smallest absolute Gasteiger partial charge is 0.225 e. The molecule has 0 spiro atoms. The Hall–Kier alpha value is -0.240. The Morgan fingerprint density at radius 3 is 2.22 bits per heavy atom. The molecule has 1 saturated heterocycles. The van der Waals surface area contributed by atoms with Crippen molar-refractivity contribution in [2.45, 2.75) is 70.3 Å². The van der Waals surface area contributed by atoms with Gasteiger partial charge in [-0.2, -0.15) is 0 Å². The van der Waals surface area contributed by atoms with Crippen molar-refractivity contribution in [1.82, 2.24) is 4.90 Å². The fraction of sp³-hybridized carbons (Fsp3) is 0.933. The molecule has 1 aliphatic carbocycles. The van der Waals surface area contributed by atoms with Crippen molar-refractivity contribution in [3.05, 3.63) is 0 Å². The van der Waals surface area contributed by atoms with Gasteiger partial charge in [0.1, 0.15) is 0 Å². The number of hydrogen-bond donors (Lipinski definition) is 0. The SMILES string of the molecule is O=C(C1CCCCCC1)N1CCCCCC1CCl. The van der Waals surface area contributed by atoms with Crippen LogP contribution in [0.1, 0.15) is 64.2 Å². The third-order valence-corrected chi connectivity index (χ3v) is 4.90. The van der Waals surface area contributed by atoms with Crippen LogP contribution in [0.3, 0.4) is 0 Å². The summed E-state index contributed by atoms with van der Waals surface area (Å²) in [6.45, 7) is 0.937. The highest BCUT2D eigenvalue weighted by Gasteiger charge is 2.30. The highest BCUT2D eigenvalue weighted by molar-refractivity contribution is 6.18. The standard InChI is InChI=1S/C15H26ClNO/c16-12-14-10-6-3-7-11-17(14)15(18)13-8-4-1-2-5-9-13/h13-14H,1-12H2. The first kappa shape index (κ1) is 14.2. The number of amides is 1. The van der Waals surface area contributed by atoms with Gasteiger partial charge >= 0.3 is 0 Å². The molecule has 0 radical (unpaired) electrons. The van der Waals surface area contributed by atoms with Crippen LogP contribution in [0.15, 0.2) is 0 Å². The van der Waals surface area contributed by atoms with Gasteiger partial charge in [0, 0.05) is 24.4 Å². The Bertz CT molecular complexity index is 261. The molecular formula is C15H26ClNO. The van der Waals surface area contributed by atoms with Crippen LogP contribution in [-0.2, 0) is 4.79 Å². The number of likely N-dealkylation sites (tertiary alicyclic amines) is 1. The Kier molecular flexibility index (Phi) is 5.81. The van der Waals surface area contributed by atoms with Gasteiger partial charge in [-0.05, 0) is 25.7 Å². The summed E-state index contributed by atoms with van der Waals surface area (Å²) in [7, 11) is 0. The molecule has 2 nitrogen and oxygen atoms in total. The molecule has 1 heterocycles. The highest BCUT2D eigenvalue weighted by atomic mass is 35.5. The summed E-state index contributed by atoms with van der Waals surface area (Å²) >= 11 is 6.07. The molecule has 104 valence electrons. The van der Waals surface area contributed by atoms with E-state index in [2.05, 4.69) is 4.90 Å². The zero-order chi connectivity index (χ0) is 12.8. The molecule has 1 unspecified atom stereocenters. The molecule has 2 rings (SSSR count). The van der Waals surface area contributed by atoms with Gasteiger partial charge in [-0.1, -0.05) is 38.5 Å². The lowest BCUT2D eigenvalue weighted by molar-refractivity contribution is -0.137.